The Morgan fingerprint density at radius 2 is 1.75 bits per heavy atom. The van der Waals surface area contributed by atoms with Crippen molar-refractivity contribution in [1.82, 2.24) is 4.98 Å². The molecule has 1 aromatic carbocycles. The number of hydrogen-bond acceptors (Lipinski definition) is 2. The lowest BCUT2D eigenvalue weighted by Gasteiger charge is -2.04. The summed E-state index contributed by atoms with van der Waals surface area (Å²) in [6.45, 7) is 4.16. The lowest BCUT2D eigenvalue weighted by atomic mass is 10.1. The lowest BCUT2D eigenvalue weighted by Crippen LogP contribution is -1.83. The Hall–Kier alpha value is -1.35. The summed E-state index contributed by atoms with van der Waals surface area (Å²) in [6.07, 6.45) is 1.48. The van der Waals surface area contributed by atoms with Crippen LogP contribution in [0.25, 0.3) is 0 Å². The minimum absolute atomic E-state index is 0.436. The van der Waals surface area contributed by atoms with E-state index in [9.17, 15) is 4.39 Å². The molecular weight excluding hydrogens is 221 g/mol. The molecule has 0 bridgehead atoms. The Morgan fingerprint density at radius 3 is 2.44 bits per heavy atom. The summed E-state index contributed by atoms with van der Waals surface area (Å²) >= 11 is 1.54. The minimum atomic E-state index is -0.436. The van der Waals surface area contributed by atoms with Gasteiger partial charge in [0, 0.05) is 22.1 Å². The number of rotatable bonds is 2. The van der Waals surface area contributed by atoms with E-state index in [0.29, 0.717) is 0 Å². The first-order chi connectivity index (χ1) is 7.65. The van der Waals surface area contributed by atoms with Gasteiger partial charge in [0.1, 0.15) is 0 Å². The molecule has 0 radical (unpaired) electrons. The maximum atomic E-state index is 12.9. The van der Waals surface area contributed by atoms with E-state index in [1.54, 1.807) is 11.8 Å². The van der Waals surface area contributed by atoms with Gasteiger partial charge in [0.25, 0.3) is 0 Å². The van der Waals surface area contributed by atoms with E-state index in [1.807, 2.05) is 12.1 Å². The van der Waals surface area contributed by atoms with E-state index in [1.165, 1.54) is 23.4 Å². The Kier molecular flexibility index (Phi) is 3.25. The molecule has 82 valence electrons. The predicted octanol–water partition coefficient (Wildman–Crippen LogP) is 3.99. The summed E-state index contributed by atoms with van der Waals surface area (Å²) in [5, 5.41) is 0. The van der Waals surface area contributed by atoms with Crippen LogP contribution in [0, 0.1) is 19.8 Å². The Bertz CT molecular complexity index is 511. The average Bonchev–Trinajstić information content (AvgIpc) is 2.24. The fourth-order valence-electron chi connectivity index (χ4n) is 1.36. The SMILES string of the molecule is Cc1ccc(Sc2ccnc(F)c2)cc1C. The van der Waals surface area contributed by atoms with Gasteiger partial charge in [-0.05, 0) is 43.2 Å². The maximum Gasteiger partial charge on any atom is 0.213 e. The Balaban J connectivity index is 2.24. The zero-order chi connectivity index (χ0) is 11.5. The molecule has 1 nitrogen and oxygen atoms in total. The van der Waals surface area contributed by atoms with Crippen LogP contribution in [0.15, 0.2) is 46.3 Å². The summed E-state index contributed by atoms with van der Waals surface area (Å²) in [6, 6.07) is 9.49. The highest BCUT2D eigenvalue weighted by Crippen LogP contribution is 2.28. The number of hydrogen-bond donors (Lipinski definition) is 0. The molecule has 1 aromatic heterocycles. The molecule has 0 aliphatic rings. The molecule has 0 spiro atoms. The number of aromatic nitrogens is 1. The average molecular weight is 233 g/mol. The van der Waals surface area contributed by atoms with Crippen LogP contribution in [0.2, 0.25) is 0 Å². The summed E-state index contributed by atoms with van der Waals surface area (Å²) in [5.74, 6) is -0.436. The van der Waals surface area contributed by atoms with Gasteiger partial charge in [-0.2, -0.15) is 4.39 Å². The highest BCUT2D eigenvalue weighted by Gasteiger charge is 2.01. The number of benzene rings is 1. The van der Waals surface area contributed by atoms with Gasteiger partial charge in [-0.1, -0.05) is 17.8 Å². The molecule has 3 heteroatoms. The topological polar surface area (TPSA) is 12.9 Å². The predicted molar refractivity (Wildman–Crippen MR) is 64.2 cm³/mol. The van der Waals surface area contributed by atoms with Gasteiger partial charge < -0.3 is 0 Å². The molecule has 2 rings (SSSR count). The molecule has 16 heavy (non-hydrogen) atoms. The van der Waals surface area contributed by atoms with Gasteiger partial charge >= 0.3 is 0 Å². The zero-order valence-corrected chi connectivity index (χ0v) is 10.0. The Morgan fingerprint density at radius 1 is 1.00 bits per heavy atom. The van der Waals surface area contributed by atoms with Gasteiger partial charge in [-0.3, -0.25) is 0 Å². The number of pyridine rings is 1. The van der Waals surface area contributed by atoms with Crippen LogP contribution >= 0.6 is 11.8 Å². The van der Waals surface area contributed by atoms with Gasteiger partial charge in [0.15, 0.2) is 0 Å². The first-order valence-corrected chi connectivity index (χ1v) is 5.83. The Labute approximate surface area is 98.7 Å². The van der Waals surface area contributed by atoms with Crippen LogP contribution in [-0.2, 0) is 0 Å². The van der Waals surface area contributed by atoms with Crippen LogP contribution in [0.5, 0.6) is 0 Å². The van der Waals surface area contributed by atoms with Crippen molar-refractivity contribution in [1.29, 1.82) is 0 Å². The standard InChI is InChI=1S/C13H12FNS/c1-9-3-4-11(7-10(9)2)16-12-5-6-15-13(14)8-12/h3-8H,1-2H3. The largest absolute Gasteiger partial charge is 0.228 e. The molecule has 2 aromatic rings. The van der Waals surface area contributed by atoms with Crippen LogP contribution in [0.3, 0.4) is 0 Å². The van der Waals surface area contributed by atoms with Crippen molar-refractivity contribution >= 4 is 11.8 Å². The molecular formula is C13H12FNS. The second-order valence-electron chi connectivity index (χ2n) is 3.66. The molecule has 0 N–H and O–H groups in total. The van der Waals surface area contributed by atoms with Crippen LogP contribution in [0.4, 0.5) is 4.39 Å². The third-order valence-electron chi connectivity index (χ3n) is 2.41. The van der Waals surface area contributed by atoms with E-state index < -0.39 is 5.95 Å². The van der Waals surface area contributed by atoms with E-state index in [2.05, 4.69) is 31.0 Å². The monoisotopic (exact) mass is 233 g/mol. The van der Waals surface area contributed by atoms with Gasteiger partial charge in [0.2, 0.25) is 5.95 Å². The minimum Gasteiger partial charge on any atom is -0.228 e. The molecule has 0 aliphatic heterocycles. The second-order valence-corrected chi connectivity index (χ2v) is 4.81. The lowest BCUT2D eigenvalue weighted by molar-refractivity contribution is 0.579. The highest BCUT2D eigenvalue weighted by molar-refractivity contribution is 7.99. The number of nitrogens with zero attached hydrogens (tertiary/aromatic N) is 1. The molecule has 0 fully saturated rings. The molecule has 0 saturated heterocycles. The van der Waals surface area contributed by atoms with Crippen molar-refractivity contribution in [3.8, 4) is 0 Å². The van der Waals surface area contributed by atoms with Crippen LogP contribution in [-0.4, -0.2) is 4.98 Å². The van der Waals surface area contributed by atoms with Gasteiger partial charge in [-0.25, -0.2) is 4.98 Å². The quantitative estimate of drug-likeness (QED) is 0.727. The summed E-state index contributed by atoms with van der Waals surface area (Å²) in [7, 11) is 0. The first kappa shape index (κ1) is 11.1. The molecule has 0 amide bonds. The maximum absolute atomic E-state index is 12.9. The van der Waals surface area contributed by atoms with Gasteiger partial charge in [-0.15, -0.1) is 0 Å². The number of halogens is 1. The molecule has 0 aliphatic carbocycles. The van der Waals surface area contributed by atoms with Crippen molar-refractivity contribution in [2.45, 2.75) is 23.6 Å². The zero-order valence-electron chi connectivity index (χ0n) is 9.20. The third kappa shape index (κ3) is 2.61. The van der Waals surface area contributed by atoms with Crippen molar-refractivity contribution in [2.75, 3.05) is 0 Å². The van der Waals surface area contributed by atoms with Crippen molar-refractivity contribution in [3.05, 3.63) is 53.6 Å². The summed E-state index contributed by atoms with van der Waals surface area (Å²) < 4.78 is 12.9. The first-order valence-electron chi connectivity index (χ1n) is 5.02. The summed E-state index contributed by atoms with van der Waals surface area (Å²) in [4.78, 5) is 5.52. The fourth-order valence-corrected chi connectivity index (χ4v) is 2.29. The van der Waals surface area contributed by atoms with E-state index in [-0.39, 0.29) is 0 Å². The molecule has 1 heterocycles. The summed E-state index contributed by atoms with van der Waals surface area (Å²) in [5.41, 5.74) is 2.52. The van der Waals surface area contributed by atoms with E-state index >= 15 is 0 Å². The second kappa shape index (κ2) is 4.66. The van der Waals surface area contributed by atoms with Gasteiger partial charge in [0.05, 0.1) is 0 Å². The third-order valence-corrected chi connectivity index (χ3v) is 3.39. The van der Waals surface area contributed by atoms with E-state index in [0.717, 1.165) is 9.79 Å². The highest BCUT2D eigenvalue weighted by atomic mass is 32.2. The normalized spacial score (nSPS) is 10.4. The number of aryl methyl sites for hydroxylation is 2. The smallest absolute Gasteiger partial charge is 0.213 e. The van der Waals surface area contributed by atoms with Crippen molar-refractivity contribution in [2.24, 2.45) is 0 Å². The van der Waals surface area contributed by atoms with E-state index in [4.69, 9.17) is 0 Å². The molecule has 0 unspecified atom stereocenters. The van der Waals surface area contributed by atoms with Crippen molar-refractivity contribution < 1.29 is 4.39 Å². The fraction of sp³-hybridized carbons (Fsp3) is 0.154. The molecule has 0 saturated carbocycles. The van der Waals surface area contributed by atoms with Crippen LogP contribution in [0.1, 0.15) is 11.1 Å². The molecule has 0 atom stereocenters. The van der Waals surface area contributed by atoms with Crippen LogP contribution < -0.4 is 0 Å². The van der Waals surface area contributed by atoms with Crippen molar-refractivity contribution in [3.63, 3.8) is 0 Å².